The Bertz CT molecular complexity index is 1750. The van der Waals surface area contributed by atoms with Gasteiger partial charge in [-0.25, -0.2) is 0 Å². The van der Waals surface area contributed by atoms with E-state index in [4.69, 9.17) is 14.2 Å². The summed E-state index contributed by atoms with van der Waals surface area (Å²) in [5.41, 5.74) is 0. The van der Waals surface area contributed by atoms with Crippen molar-refractivity contribution < 1.29 is 28.6 Å². The maximum absolute atomic E-state index is 12.9. The normalized spacial score (nSPS) is 13.1. The van der Waals surface area contributed by atoms with Crippen molar-refractivity contribution in [3.8, 4) is 0 Å². The van der Waals surface area contributed by atoms with E-state index in [1.807, 2.05) is 0 Å². The van der Waals surface area contributed by atoms with Crippen molar-refractivity contribution in [2.24, 2.45) is 0 Å². The first kappa shape index (κ1) is 75.3. The first-order valence-corrected chi connectivity index (χ1v) is 32.8. The maximum atomic E-state index is 12.9. The van der Waals surface area contributed by atoms with Crippen molar-refractivity contribution in [3.63, 3.8) is 0 Å². The van der Waals surface area contributed by atoms with Crippen LogP contribution in [0.1, 0.15) is 284 Å². The van der Waals surface area contributed by atoms with Crippen LogP contribution in [0.5, 0.6) is 0 Å². The Kier molecular flexibility index (Phi) is 62.9. The molecule has 0 aromatic rings. The summed E-state index contributed by atoms with van der Waals surface area (Å²) >= 11 is 0. The number of unbranched alkanes of at least 4 members (excludes halogenated alkanes) is 23. The predicted molar refractivity (Wildman–Crippen MR) is 348 cm³/mol. The van der Waals surface area contributed by atoms with Crippen molar-refractivity contribution in [2.75, 3.05) is 13.2 Å². The Balaban J connectivity index is 4.42. The van der Waals surface area contributed by atoms with Gasteiger partial charge >= 0.3 is 17.9 Å². The largest absolute Gasteiger partial charge is 0.462 e. The summed E-state index contributed by atoms with van der Waals surface area (Å²) in [6.45, 7) is 6.35. The van der Waals surface area contributed by atoms with Gasteiger partial charge in [0.1, 0.15) is 13.2 Å². The standard InChI is InChI=1S/C74H120O6/c1-4-7-10-13-16-19-22-25-28-30-32-34-36-37-39-40-42-44-46-49-52-55-58-61-64-67-73(76)79-70-71(69-78-72(75)66-63-60-57-54-51-48-27-24-21-18-15-12-9-6-3)80-74(77)68-65-62-59-56-53-50-47-45-43-41-38-35-33-31-29-26-23-20-17-14-11-8-5-2/h7-8,10-11,15-20,24-29,32-35,37,39,42,44,71H,4-6,9,12-14,21-23,30-31,36,38,40-41,43,45-70H2,1-3H3/b10-7-,11-8-,18-15-,19-16-,20-17-,27-24-,28-25-,29-26-,34-32-,35-33-,39-37-,44-42-. The SMILES string of the molecule is CC/C=C\C/C=C\C/C=C\C/C=C\C/C=C\C/C=C\CCCCCCCCC(=O)OCC(COC(=O)CCCCCCC/C=C\C/C=C\CCCC)OC(=O)CCCCCCCCCCCC/C=C\C/C=C\C/C=C\C/C=C\CC. The maximum Gasteiger partial charge on any atom is 0.306 e. The molecule has 6 nitrogen and oxygen atoms in total. The van der Waals surface area contributed by atoms with Gasteiger partial charge in [0.25, 0.3) is 0 Å². The van der Waals surface area contributed by atoms with Crippen LogP contribution in [0, 0.1) is 0 Å². The van der Waals surface area contributed by atoms with Crippen molar-refractivity contribution in [2.45, 2.75) is 290 Å². The molecule has 80 heavy (non-hydrogen) atoms. The van der Waals surface area contributed by atoms with E-state index in [9.17, 15) is 14.4 Å². The van der Waals surface area contributed by atoms with Gasteiger partial charge in [0.05, 0.1) is 0 Å². The first-order chi connectivity index (χ1) is 39.5. The lowest BCUT2D eigenvalue weighted by Crippen LogP contribution is -2.30. The van der Waals surface area contributed by atoms with Crippen LogP contribution in [0.15, 0.2) is 146 Å². The highest BCUT2D eigenvalue weighted by Crippen LogP contribution is 2.15. The first-order valence-electron chi connectivity index (χ1n) is 32.8. The fourth-order valence-corrected chi connectivity index (χ4v) is 8.69. The summed E-state index contributed by atoms with van der Waals surface area (Å²) in [5, 5.41) is 0. The molecule has 0 heterocycles. The molecule has 452 valence electrons. The molecule has 6 heteroatoms. The lowest BCUT2D eigenvalue weighted by molar-refractivity contribution is -0.167. The van der Waals surface area contributed by atoms with E-state index in [1.165, 1.54) is 83.5 Å². The number of hydrogen-bond acceptors (Lipinski definition) is 6. The minimum atomic E-state index is -0.801. The van der Waals surface area contributed by atoms with Crippen molar-refractivity contribution in [1.29, 1.82) is 0 Å². The number of esters is 3. The molecule has 1 unspecified atom stereocenters. The molecule has 0 saturated carbocycles. The number of rotatable bonds is 58. The summed E-state index contributed by atoms with van der Waals surface area (Å²) in [6.07, 6.45) is 95.6. The molecule has 0 amide bonds. The number of carbonyl (C=O) groups is 3. The van der Waals surface area contributed by atoms with Gasteiger partial charge < -0.3 is 14.2 Å². The van der Waals surface area contributed by atoms with Crippen LogP contribution in [-0.2, 0) is 28.6 Å². The molecule has 0 N–H and O–H groups in total. The summed E-state index contributed by atoms with van der Waals surface area (Å²) < 4.78 is 16.9. The van der Waals surface area contributed by atoms with Crippen LogP contribution in [0.2, 0.25) is 0 Å². The van der Waals surface area contributed by atoms with E-state index in [0.717, 1.165) is 161 Å². The lowest BCUT2D eigenvalue weighted by atomic mass is 10.0. The Hall–Kier alpha value is -4.71. The third kappa shape index (κ3) is 64.1. The minimum absolute atomic E-state index is 0.0962. The van der Waals surface area contributed by atoms with E-state index in [0.29, 0.717) is 19.3 Å². The number of allylic oxidation sites excluding steroid dienone is 24. The van der Waals surface area contributed by atoms with Gasteiger partial charge in [-0.2, -0.15) is 0 Å². The molecule has 0 aromatic heterocycles. The summed E-state index contributed by atoms with van der Waals surface area (Å²) in [4.78, 5) is 38.4. The molecule has 0 radical (unpaired) electrons. The zero-order valence-electron chi connectivity index (χ0n) is 51.8. The van der Waals surface area contributed by atoms with Crippen LogP contribution in [0.3, 0.4) is 0 Å². The molecule has 0 aliphatic rings. The molecule has 0 bridgehead atoms. The van der Waals surface area contributed by atoms with Crippen molar-refractivity contribution in [3.05, 3.63) is 146 Å². The Morgan fingerprint density at radius 2 is 0.487 bits per heavy atom. The van der Waals surface area contributed by atoms with Gasteiger partial charge in [0, 0.05) is 19.3 Å². The Labute approximate surface area is 493 Å². The molecule has 0 fully saturated rings. The van der Waals surface area contributed by atoms with Gasteiger partial charge in [-0.15, -0.1) is 0 Å². The third-order valence-electron chi connectivity index (χ3n) is 13.6. The highest BCUT2D eigenvalue weighted by Gasteiger charge is 2.19. The molecule has 1 atom stereocenters. The van der Waals surface area contributed by atoms with Crippen molar-refractivity contribution in [1.82, 2.24) is 0 Å². The highest BCUT2D eigenvalue weighted by atomic mass is 16.6. The van der Waals surface area contributed by atoms with E-state index in [2.05, 4.69) is 167 Å². The molecule has 0 aliphatic heterocycles. The predicted octanol–water partition coefficient (Wildman–Crippen LogP) is 22.7. The second-order valence-corrected chi connectivity index (χ2v) is 21.3. The fourth-order valence-electron chi connectivity index (χ4n) is 8.69. The molecule has 0 aromatic carbocycles. The molecule has 0 aliphatic carbocycles. The van der Waals surface area contributed by atoms with Gasteiger partial charge in [0.2, 0.25) is 0 Å². The van der Waals surface area contributed by atoms with Crippen LogP contribution in [-0.4, -0.2) is 37.2 Å². The average Bonchev–Trinajstić information content (AvgIpc) is 3.46. The topological polar surface area (TPSA) is 78.9 Å². The third-order valence-corrected chi connectivity index (χ3v) is 13.6. The molecular weight excluding hydrogens is 985 g/mol. The Morgan fingerprint density at radius 3 is 0.762 bits per heavy atom. The van der Waals surface area contributed by atoms with Crippen LogP contribution in [0.25, 0.3) is 0 Å². The Morgan fingerprint density at radius 1 is 0.263 bits per heavy atom. The second-order valence-electron chi connectivity index (χ2n) is 21.3. The van der Waals surface area contributed by atoms with Gasteiger partial charge in [-0.3, -0.25) is 14.4 Å². The second kappa shape index (κ2) is 66.8. The molecule has 0 spiro atoms. The summed E-state index contributed by atoms with van der Waals surface area (Å²) in [7, 11) is 0. The van der Waals surface area contributed by atoms with Gasteiger partial charge in [0.15, 0.2) is 6.10 Å². The molecule has 0 rings (SSSR count). The van der Waals surface area contributed by atoms with E-state index in [1.54, 1.807) is 0 Å². The smallest absolute Gasteiger partial charge is 0.306 e. The van der Waals surface area contributed by atoms with Gasteiger partial charge in [-0.05, 0) is 135 Å². The molecular formula is C74H120O6. The average molecular weight is 1110 g/mol. The van der Waals surface area contributed by atoms with E-state index in [-0.39, 0.29) is 31.1 Å². The molecule has 0 saturated heterocycles. The zero-order chi connectivity index (χ0) is 57.8. The van der Waals surface area contributed by atoms with Gasteiger partial charge in [-0.1, -0.05) is 276 Å². The zero-order valence-corrected chi connectivity index (χ0v) is 51.8. The van der Waals surface area contributed by atoms with Crippen LogP contribution in [0.4, 0.5) is 0 Å². The number of carbonyl (C=O) groups excluding carboxylic acids is 3. The van der Waals surface area contributed by atoms with Crippen molar-refractivity contribution >= 4 is 17.9 Å². The lowest BCUT2D eigenvalue weighted by Gasteiger charge is -2.18. The highest BCUT2D eigenvalue weighted by molar-refractivity contribution is 5.71. The monoisotopic (exact) mass is 1100 g/mol. The number of ether oxygens (including phenoxy) is 3. The minimum Gasteiger partial charge on any atom is -0.462 e. The van der Waals surface area contributed by atoms with Crippen LogP contribution >= 0.6 is 0 Å². The fraction of sp³-hybridized carbons (Fsp3) is 0.635. The quantitative estimate of drug-likeness (QED) is 0.0261. The van der Waals surface area contributed by atoms with E-state index >= 15 is 0 Å². The summed E-state index contributed by atoms with van der Waals surface area (Å²) in [6, 6.07) is 0. The summed E-state index contributed by atoms with van der Waals surface area (Å²) in [5.74, 6) is -0.926. The number of hydrogen-bond donors (Lipinski definition) is 0. The van der Waals surface area contributed by atoms with E-state index < -0.39 is 6.10 Å². The van der Waals surface area contributed by atoms with Crippen LogP contribution < -0.4 is 0 Å².